The first-order chi connectivity index (χ1) is 17.5. The zero-order valence-electron chi connectivity index (χ0n) is 20.5. The minimum atomic E-state index is -0.747. The Morgan fingerprint density at radius 3 is 2.89 bits per heavy atom. The van der Waals surface area contributed by atoms with Crippen LogP contribution in [0.15, 0.2) is 59.6 Å². The van der Waals surface area contributed by atoms with Gasteiger partial charge in [-0.15, -0.1) is 11.8 Å². The highest BCUT2D eigenvalue weighted by Gasteiger charge is 2.34. The number of aromatic nitrogens is 1. The third-order valence-corrected chi connectivity index (χ3v) is 8.62. The number of hydrogen-bond donors (Lipinski definition) is 2. The molecule has 1 unspecified atom stereocenters. The largest absolute Gasteiger partial charge is 0.497 e. The molecule has 1 aliphatic heterocycles. The molecule has 2 heterocycles. The standard InChI is InChI=1S/C28H33ClN2O4S/c1-35-20-8-9-25-22(17-20)21(11-13-30-25)26(32)10-7-19-12-15-31(18-23(19)28(33)34)14-4-16-36-27-6-3-2-5-24(27)29/h2-3,5-6,8-9,11,13,17,19,23,26,32H,4,7,10,12,14-16,18H2,1H3,(H,33,34)/t19-,23+,26?/m1/s1. The highest BCUT2D eigenvalue weighted by Crippen LogP contribution is 2.34. The van der Waals surface area contributed by atoms with Crippen LogP contribution < -0.4 is 4.74 Å². The number of ether oxygens (including phenoxy) is 1. The molecule has 1 aromatic heterocycles. The second kappa shape index (κ2) is 12.8. The fourth-order valence-corrected chi connectivity index (χ4v) is 6.19. The minimum Gasteiger partial charge on any atom is -0.497 e. The maximum absolute atomic E-state index is 12.1. The molecule has 2 N–H and O–H groups in total. The molecule has 3 atom stereocenters. The van der Waals surface area contributed by atoms with Crippen molar-refractivity contribution < 1.29 is 19.7 Å². The van der Waals surface area contributed by atoms with Crippen LogP contribution in [0.2, 0.25) is 5.02 Å². The van der Waals surface area contributed by atoms with Gasteiger partial charge in [0.05, 0.1) is 29.7 Å². The van der Waals surface area contributed by atoms with E-state index >= 15 is 0 Å². The number of aliphatic hydroxyl groups is 1. The van der Waals surface area contributed by atoms with Gasteiger partial charge in [-0.25, -0.2) is 0 Å². The van der Waals surface area contributed by atoms with Gasteiger partial charge < -0.3 is 19.8 Å². The molecule has 0 spiro atoms. The molecule has 0 aliphatic carbocycles. The first kappa shape index (κ1) is 26.7. The van der Waals surface area contributed by atoms with E-state index in [-0.39, 0.29) is 5.92 Å². The van der Waals surface area contributed by atoms with Gasteiger partial charge in [0.1, 0.15) is 5.75 Å². The lowest BCUT2D eigenvalue weighted by molar-refractivity contribution is -0.146. The predicted molar refractivity (Wildman–Crippen MR) is 145 cm³/mol. The highest BCUT2D eigenvalue weighted by atomic mass is 35.5. The van der Waals surface area contributed by atoms with Crippen LogP contribution in [-0.2, 0) is 4.79 Å². The first-order valence-corrected chi connectivity index (χ1v) is 13.8. The summed E-state index contributed by atoms with van der Waals surface area (Å²) in [5.41, 5.74) is 1.61. The van der Waals surface area contributed by atoms with Crippen LogP contribution in [0.1, 0.15) is 37.4 Å². The molecule has 0 saturated carbocycles. The molecule has 0 bridgehead atoms. The summed E-state index contributed by atoms with van der Waals surface area (Å²) >= 11 is 7.97. The van der Waals surface area contributed by atoms with Gasteiger partial charge in [0.15, 0.2) is 0 Å². The normalized spacial score (nSPS) is 19.3. The van der Waals surface area contributed by atoms with Gasteiger partial charge in [0.2, 0.25) is 0 Å². The van der Waals surface area contributed by atoms with Gasteiger partial charge in [-0.2, -0.15) is 0 Å². The van der Waals surface area contributed by atoms with E-state index < -0.39 is 18.0 Å². The second-order valence-corrected chi connectivity index (χ2v) is 10.8. The van der Waals surface area contributed by atoms with Crippen LogP contribution >= 0.6 is 23.4 Å². The Kier molecular flexibility index (Phi) is 9.48. The summed E-state index contributed by atoms with van der Waals surface area (Å²) in [4.78, 5) is 19.8. The van der Waals surface area contributed by atoms with Crippen LogP contribution in [-0.4, -0.2) is 58.6 Å². The van der Waals surface area contributed by atoms with E-state index in [1.54, 1.807) is 25.1 Å². The van der Waals surface area contributed by atoms with E-state index in [4.69, 9.17) is 16.3 Å². The monoisotopic (exact) mass is 528 g/mol. The number of hydrogen-bond acceptors (Lipinski definition) is 6. The SMILES string of the molecule is COc1ccc2nccc(C(O)CC[C@@H]3CCN(CCCSc4ccccc4Cl)C[C@@H]3C(=O)O)c2c1. The van der Waals surface area contributed by atoms with E-state index in [1.807, 2.05) is 48.5 Å². The molecule has 1 aliphatic rings. The van der Waals surface area contributed by atoms with Crippen molar-refractivity contribution in [2.45, 2.75) is 36.7 Å². The van der Waals surface area contributed by atoms with Crippen molar-refractivity contribution in [1.29, 1.82) is 0 Å². The number of halogens is 1. The zero-order valence-corrected chi connectivity index (χ0v) is 22.0. The summed E-state index contributed by atoms with van der Waals surface area (Å²) < 4.78 is 5.34. The number of benzene rings is 2. The average molecular weight is 529 g/mol. The van der Waals surface area contributed by atoms with Crippen LogP contribution in [0.25, 0.3) is 10.9 Å². The van der Waals surface area contributed by atoms with E-state index in [0.717, 1.165) is 58.1 Å². The highest BCUT2D eigenvalue weighted by molar-refractivity contribution is 7.99. The molecule has 6 nitrogen and oxygen atoms in total. The van der Waals surface area contributed by atoms with Crippen LogP contribution in [0, 0.1) is 11.8 Å². The summed E-state index contributed by atoms with van der Waals surface area (Å²) in [6, 6.07) is 15.3. The van der Waals surface area contributed by atoms with Gasteiger partial charge >= 0.3 is 5.97 Å². The molecule has 8 heteroatoms. The topological polar surface area (TPSA) is 82.9 Å². The number of rotatable bonds is 11. The lowest BCUT2D eigenvalue weighted by atomic mass is 9.81. The number of likely N-dealkylation sites (tertiary alicyclic amines) is 1. The first-order valence-electron chi connectivity index (χ1n) is 12.4. The van der Waals surface area contributed by atoms with E-state index in [0.29, 0.717) is 25.1 Å². The molecule has 3 aromatic rings. The van der Waals surface area contributed by atoms with E-state index in [2.05, 4.69) is 9.88 Å². The van der Waals surface area contributed by atoms with Gasteiger partial charge in [0, 0.05) is 23.0 Å². The molecule has 2 aromatic carbocycles. The van der Waals surface area contributed by atoms with Crippen molar-refractivity contribution in [3.8, 4) is 5.75 Å². The Morgan fingerprint density at radius 2 is 2.11 bits per heavy atom. The summed E-state index contributed by atoms with van der Waals surface area (Å²) in [7, 11) is 1.61. The van der Waals surface area contributed by atoms with Crippen molar-refractivity contribution in [1.82, 2.24) is 9.88 Å². The van der Waals surface area contributed by atoms with Crippen molar-refractivity contribution in [2.24, 2.45) is 11.8 Å². The van der Waals surface area contributed by atoms with Crippen molar-refractivity contribution in [3.05, 3.63) is 65.3 Å². The molecule has 192 valence electrons. The van der Waals surface area contributed by atoms with Crippen LogP contribution in [0.5, 0.6) is 5.75 Å². The van der Waals surface area contributed by atoms with Crippen molar-refractivity contribution in [2.75, 3.05) is 32.5 Å². The predicted octanol–water partition coefficient (Wildman–Crippen LogP) is 5.92. The molecular weight excluding hydrogens is 496 g/mol. The number of thioether (sulfide) groups is 1. The number of methoxy groups -OCH3 is 1. The molecule has 0 radical (unpaired) electrons. The number of aliphatic hydroxyl groups excluding tert-OH is 1. The maximum Gasteiger partial charge on any atom is 0.308 e. The van der Waals surface area contributed by atoms with Gasteiger partial charge in [0.25, 0.3) is 0 Å². The minimum absolute atomic E-state index is 0.0496. The maximum atomic E-state index is 12.1. The average Bonchev–Trinajstić information content (AvgIpc) is 2.90. The molecule has 1 saturated heterocycles. The fourth-order valence-electron chi connectivity index (χ4n) is 5.02. The number of nitrogens with zero attached hydrogens (tertiary/aromatic N) is 2. The Hall–Kier alpha value is -2.32. The van der Waals surface area contributed by atoms with Crippen molar-refractivity contribution >= 4 is 40.2 Å². The van der Waals surface area contributed by atoms with E-state index in [1.165, 1.54) is 0 Å². The summed E-state index contributed by atoms with van der Waals surface area (Å²) in [6.07, 6.45) is 4.00. The number of carboxylic acids is 1. The number of piperidine rings is 1. The molecular formula is C28H33ClN2O4S. The number of carboxylic acid groups (broad SMARTS) is 1. The summed E-state index contributed by atoms with van der Waals surface area (Å²) in [5, 5.41) is 22.6. The van der Waals surface area contributed by atoms with Crippen LogP contribution in [0.4, 0.5) is 0 Å². The number of fused-ring (bicyclic) bond motifs is 1. The van der Waals surface area contributed by atoms with Crippen LogP contribution in [0.3, 0.4) is 0 Å². The number of carbonyl (C=O) groups is 1. The quantitative estimate of drug-likeness (QED) is 0.236. The Bertz CT molecular complexity index is 1180. The fraction of sp³-hybridized carbons (Fsp3) is 0.429. The smallest absolute Gasteiger partial charge is 0.308 e. The van der Waals surface area contributed by atoms with Gasteiger partial charge in [-0.05, 0) is 92.4 Å². The summed E-state index contributed by atoms with van der Waals surface area (Å²) in [6.45, 7) is 2.32. The molecule has 1 fully saturated rings. The second-order valence-electron chi connectivity index (χ2n) is 9.30. The third kappa shape index (κ3) is 6.71. The van der Waals surface area contributed by atoms with Crippen molar-refractivity contribution in [3.63, 3.8) is 0 Å². The zero-order chi connectivity index (χ0) is 25.5. The lowest BCUT2D eigenvalue weighted by Crippen LogP contribution is -2.44. The Morgan fingerprint density at radius 1 is 1.28 bits per heavy atom. The van der Waals surface area contributed by atoms with Gasteiger partial charge in [-0.1, -0.05) is 23.7 Å². The molecule has 0 amide bonds. The number of pyridine rings is 1. The number of aliphatic carboxylic acids is 1. The Labute approximate surface area is 221 Å². The Balaban J connectivity index is 1.30. The third-order valence-electron chi connectivity index (χ3n) is 7.02. The molecule has 36 heavy (non-hydrogen) atoms. The van der Waals surface area contributed by atoms with Gasteiger partial charge in [-0.3, -0.25) is 9.78 Å². The summed E-state index contributed by atoms with van der Waals surface area (Å²) in [5.74, 6) is 0.541. The van der Waals surface area contributed by atoms with E-state index in [9.17, 15) is 15.0 Å². The molecule has 4 rings (SSSR count). The lowest BCUT2D eigenvalue weighted by Gasteiger charge is -2.37.